The number of hydrogen-bond donors (Lipinski definition) is 0. The third-order valence-electron chi connectivity index (χ3n) is 5.28. The third kappa shape index (κ3) is 2.53. The van der Waals surface area contributed by atoms with Crippen molar-refractivity contribution in [2.45, 2.75) is 39.7 Å². The number of fused-ring (bicyclic) bond motifs is 1. The number of nitrogens with zero attached hydrogens (tertiary/aromatic N) is 2. The van der Waals surface area contributed by atoms with E-state index in [-0.39, 0.29) is 5.41 Å². The molecule has 0 aromatic rings. The first kappa shape index (κ1) is 14.8. The Hall–Kier alpha value is -0.600. The molecule has 0 N–H and O–H groups in total. The van der Waals surface area contributed by atoms with Crippen molar-refractivity contribution < 1.29 is 0 Å². The van der Waals surface area contributed by atoms with Gasteiger partial charge in [-0.15, -0.1) is 6.58 Å². The van der Waals surface area contributed by atoms with Gasteiger partial charge in [0.1, 0.15) is 0 Å². The Morgan fingerprint density at radius 3 is 2.68 bits per heavy atom. The van der Waals surface area contributed by atoms with Crippen LogP contribution in [0.4, 0.5) is 0 Å². The van der Waals surface area contributed by atoms with E-state index < -0.39 is 0 Å². The van der Waals surface area contributed by atoms with E-state index in [0.717, 1.165) is 13.1 Å². The zero-order valence-corrected chi connectivity index (χ0v) is 13.4. The van der Waals surface area contributed by atoms with E-state index in [4.69, 9.17) is 0 Å². The van der Waals surface area contributed by atoms with E-state index in [1.165, 1.54) is 19.4 Å². The molecule has 0 saturated heterocycles. The van der Waals surface area contributed by atoms with Crippen LogP contribution >= 0.6 is 0 Å². The van der Waals surface area contributed by atoms with Gasteiger partial charge < -0.3 is 4.90 Å². The molecule has 2 atom stereocenters. The Kier molecular flexibility index (Phi) is 3.95. The van der Waals surface area contributed by atoms with E-state index in [9.17, 15) is 0 Å². The predicted molar refractivity (Wildman–Crippen MR) is 83.3 cm³/mol. The summed E-state index contributed by atoms with van der Waals surface area (Å²) < 4.78 is 0. The van der Waals surface area contributed by atoms with Crippen molar-refractivity contribution in [2.75, 3.05) is 33.7 Å². The molecule has 1 fully saturated rings. The van der Waals surface area contributed by atoms with Crippen LogP contribution in [-0.4, -0.2) is 49.6 Å². The van der Waals surface area contributed by atoms with Crippen LogP contribution in [0.25, 0.3) is 0 Å². The van der Waals surface area contributed by atoms with Crippen LogP contribution in [0.5, 0.6) is 0 Å². The van der Waals surface area contributed by atoms with Gasteiger partial charge in [0, 0.05) is 36.5 Å². The van der Waals surface area contributed by atoms with Crippen molar-refractivity contribution in [1.82, 2.24) is 9.80 Å². The van der Waals surface area contributed by atoms with Crippen LogP contribution in [-0.2, 0) is 0 Å². The summed E-state index contributed by atoms with van der Waals surface area (Å²) >= 11 is 0. The molecule has 2 aliphatic rings. The molecule has 2 rings (SSSR count). The molecular formula is C17H30N2. The second-order valence-corrected chi connectivity index (χ2v) is 7.40. The maximum Gasteiger partial charge on any atom is 0.0178 e. The Morgan fingerprint density at radius 2 is 2.11 bits per heavy atom. The van der Waals surface area contributed by atoms with Crippen LogP contribution in [0.2, 0.25) is 0 Å². The molecule has 2 nitrogen and oxygen atoms in total. The van der Waals surface area contributed by atoms with Crippen molar-refractivity contribution in [3.8, 4) is 0 Å². The average molecular weight is 262 g/mol. The maximum absolute atomic E-state index is 3.88. The highest BCUT2D eigenvalue weighted by atomic mass is 15.1. The van der Waals surface area contributed by atoms with Crippen LogP contribution < -0.4 is 0 Å². The topological polar surface area (TPSA) is 6.48 Å². The lowest BCUT2D eigenvalue weighted by molar-refractivity contribution is 0.0526. The molecule has 0 unspecified atom stereocenters. The Balaban J connectivity index is 2.30. The van der Waals surface area contributed by atoms with Gasteiger partial charge in [0.05, 0.1) is 0 Å². The van der Waals surface area contributed by atoms with Gasteiger partial charge in [0.15, 0.2) is 0 Å². The molecule has 0 aromatic carbocycles. The van der Waals surface area contributed by atoms with Crippen LogP contribution in [0, 0.1) is 10.8 Å². The highest BCUT2D eigenvalue weighted by Crippen LogP contribution is 2.53. The molecule has 0 aromatic heterocycles. The highest BCUT2D eigenvalue weighted by Gasteiger charge is 2.49. The first-order chi connectivity index (χ1) is 8.81. The van der Waals surface area contributed by atoms with E-state index in [2.05, 4.69) is 57.3 Å². The zero-order valence-electron chi connectivity index (χ0n) is 13.4. The highest BCUT2D eigenvalue weighted by molar-refractivity contribution is 5.29. The first-order valence-electron chi connectivity index (χ1n) is 7.52. The molecule has 1 saturated carbocycles. The van der Waals surface area contributed by atoms with Crippen LogP contribution in [0.15, 0.2) is 24.3 Å². The summed E-state index contributed by atoms with van der Waals surface area (Å²) in [5.41, 5.74) is 2.33. The SMILES string of the molecule is C=CCN1CC=C2C(C)(C)[C@@H](N(C)C)CC[C@]2(C)C1. The van der Waals surface area contributed by atoms with Crippen LogP contribution in [0.3, 0.4) is 0 Å². The molecule has 108 valence electrons. The molecule has 1 aliphatic heterocycles. The van der Waals surface area contributed by atoms with Gasteiger partial charge in [0.2, 0.25) is 0 Å². The Morgan fingerprint density at radius 1 is 1.42 bits per heavy atom. The van der Waals surface area contributed by atoms with Crippen molar-refractivity contribution in [3.05, 3.63) is 24.3 Å². The molecule has 0 bridgehead atoms. The van der Waals surface area contributed by atoms with E-state index in [0.29, 0.717) is 11.5 Å². The summed E-state index contributed by atoms with van der Waals surface area (Å²) in [6, 6.07) is 0.665. The second kappa shape index (κ2) is 5.06. The lowest BCUT2D eigenvalue weighted by Gasteiger charge is -2.55. The second-order valence-electron chi connectivity index (χ2n) is 7.40. The van der Waals surface area contributed by atoms with Crippen LogP contribution in [0.1, 0.15) is 33.6 Å². The molecule has 19 heavy (non-hydrogen) atoms. The minimum atomic E-state index is 0.288. The monoisotopic (exact) mass is 262 g/mol. The summed E-state index contributed by atoms with van der Waals surface area (Å²) in [5, 5.41) is 0. The standard InChI is InChI=1S/C17H30N2/c1-7-11-19-12-9-14-16(2,3)15(18(5)6)8-10-17(14,4)13-19/h7,9,15H,1,8,10-13H2,2-6H3/t15-,17+/m0/s1. The van der Waals surface area contributed by atoms with Gasteiger partial charge in [-0.25, -0.2) is 0 Å². The van der Waals surface area contributed by atoms with E-state index in [1.54, 1.807) is 5.57 Å². The molecule has 0 amide bonds. The molecular weight excluding hydrogens is 232 g/mol. The molecule has 0 radical (unpaired) electrons. The minimum absolute atomic E-state index is 0.288. The Labute approximate surface area is 119 Å². The zero-order chi connectivity index (χ0) is 14.3. The van der Waals surface area contributed by atoms with Crippen molar-refractivity contribution in [2.24, 2.45) is 10.8 Å². The van der Waals surface area contributed by atoms with E-state index >= 15 is 0 Å². The summed E-state index contributed by atoms with van der Waals surface area (Å²) in [7, 11) is 4.45. The quantitative estimate of drug-likeness (QED) is 0.721. The molecule has 0 spiro atoms. The summed E-state index contributed by atoms with van der Waals surface area (Å²) in [6.07, 6.45) is 7.13. The van der Waals surface area contributed by atoms with Gasteiger partial charge >= 0.3 is 0 Å². The molecule has 1 heterocycles. The fourth-order valence-corrected chi connectivity index (χ4v) is 4.59. The van der Waals surface area contributed by atoms with Crippen molar-refractivity contribution in [3.63, 3.8) is 0 Å². The summed E-state index contributed by atoms with van der Waals surface area (Å²) in [6.45, 7) is 14.5. The van der Waals surface area contributed by atoms with Gasteiger partial charge in [-0.2, -0.15) is 0 Å². The van der Waals surface area contributed by atoms with Crippen molar-refractivity contribution >= 4 is 0 Å². The van der Waals surface area contributed by atoms with Gasteiger partial charge in [-0.1, -0.05) is 38.5 Å². The predicted octanol–water partition coefficient (Wildman–Crippen LogP) is 3.17. The summed E-state index contributed by atoms with van der Waals surface area (Å²) in [4.78, 5) is 4.93. The fourth-order valence-electron chi connectivity index (χ4n) is 4.59. The lowest BCUT2D eigenvalue weighted by Crippen LogP contribution is -2.54. The fraction of sp³-hybridized carbons (Fsp3) is 0.765. The Bertz CT molecular complexity index is 381. The minimum Gasteiger partial charge on any atom is -0.306 e. The smallest absolute Gasteiger partial charge is 0.0178 e. The normalized spacial score (nSPS) is 34.8. The molecule has 2 heteroatoms. The lowest BCUT2D eigenvalue weighted by atomic mass is 9.57. The van der Waals surface area contributed by atoms with Gasteiger partial charge in [-0.05, 0) is 26.9 Å². The maximum atomic E-state index is 3.88. The van der Waals surface area contributed by atoms with E-state index in [1.807, 2.05) is 6.08 Å². The molecule has 1 aliphatic carbocycles. The largest absolute Gasteiger partial charge is 0.306 e. The number of rotatable bonds is 3. The third-order valence-corrected chi connectivity index (χ3v) is 5.28. The first-order valence-corrected chi connectivity index (χ1v) is 7.52. The number of hydrogen-bond acceptors (Lipinski definition) is 2. The van der Waals surface area contributed by atoms with Gasteiger partial charge in [-0.3, -0.25) is 4.90 Å². The summed E-state index contributed by atoms with van der Waals surface area (Å²) in [5.74, 6) is 0. The van der Waals surface area contributed by atoms with Gasteiger partial charge in [0.25, 0.3) is 0 Å². The average Bonchev–Trinajstić information content (AvgIpc) is 2.27. The van der Waals surface area contributed by atoms with Crippen molar-refractivity contribution in [1.29, 1.82) is 0 Å².